The minimum atomic E-state index is -0.292. The molecule has 0 atom stereocenters. The molecule has 2 rings (SSSR count). The summed E-state index contributed by atoms with van der Waals surface area (Å²) in [5.41, 5.74) is 1.21. The number of ether oxygens (including phenoxy) is 1. The summed E-state index contributed by atoms with van der Waals surface area (Å²) in [6.07, 6.45) is 0. The van der Waals surface area contributed by atoms with Gasteiger partial charge < -0.3 is 10.1 Å². The monoisotopic (exact) mass is 380 g/mol. The molecule has 0 aliphatic carbocycles. The number of halogens is 2. The molecule has 6 heteroatoms. The third-order valence-corrected chi connectivity index (χ3v) is 3.72. The zero-order valence-electron chi connectivity index (χ0n) is 13.0. The Morgan fingerprint density at radius 1 is 1.30 bits per heavy atom. The average Bonchev–Trinajstić information content (AvgIpc) is 2.50. The van der Waals surface area contributed by atoms with Gasteiger partial charge in [-0.15, -0.1) is 0 Å². The van der Waals surface area contributed by atoms with Crippen LogP contribution in [-0.4, -0.2) is 31.5 Å². The first-order valence-corrected chi connectivity index (χ1v) is 7.83. The summed E-state index contributed by atoms with van der Waals surface area (Å²) in [4.78, 5) is 13.8. The molecule has 0 bridgehead atoms. The van der Waals surface area contributed by atoms with Crippen LogP contribution in [0.2, 0.25) is 0 Å². The summed E-state index contributed by atoms with van der Waals surface area (Å²) < 4.78 is 19.6. The second-order valence-electron chi connectivity index (χ2n) is 5.19. The zero-order valence-corrected chi connectivity index (χ0v) is 14.6. The molecule has 4 nitrogen and oxygen atoms in total. The van der Waals surface area contributed by atoms with Crippen molar-refractivity contribution in [3.63, 3.8) is 0 Å². The lowest BCUT2D eigenvalue weighted by molar-refractivity contribution is -0.117. The molecule has 0 unspecified atom stereocenters. The maximum Gasteiger partial charge on any atom is 0.238 e. The van der Waals surface area contributed by atoms with E-state index in [1.165, 1.54) is 6.07 Å². The minimum Gasteiger partial charge on any atom is -0.497 e. The highest BCUT2D eigenvalue weighted by Gasteiger charge is 2.10. The highest BCUT2D eigenvalue weighted by molar-refractivity contribution is 9.10. The predicted octanol–water partition coefficient (Wildman–Crippen LogP) is 3.67. The number of hydrogen-bond donors (Lipinski definition) is 1. The van der Waals surface area contributed by atoms with Gasteiger partial charge in [0, 0.05) is 28.3 Å². The van der Waals surface area contributed by atoms with Crippen LogP contribution in [0, 0.1) is 5.82 Å². The smallest absolute Gasteiger partial charge is 0.238 e. The number of amides is 1. The molecule has 0 aliphatic heterocycles. The van der Waals surface area contributed by atoms with Crippen molar-refractivity contribution >= 4 is 27.5 Å². The van der Waals surface area contributed by atoms with Gasteiger partial charge >= 0.3 is 0 Å². The largest absolute Gasteiger partial charge is 0.497 e. The molecule has 0 spiro atoms. The van der Waals surface area contributed by atoms with Gasteiger partial charge in [0.2, 0.25) is 5.91 Å². The predicted molar refractivity (Wildman–Crippen MR) is 92.1 cm³/mol. The summed E-state index contributed by atoms with van der Waals surface area (Å²) in [6.45, 7) is 0.511. The zero-order chi connectivity index (χ0) is 16.8. The Balaban J connectivity index is 1.91. The molecule has 0 fully saturated rings. The van der Waals surface area contributed by atoms with Gasteiger partial charge in [-0.05, 0) is 31.3 Å². The van der Waals surface area contributed by atoms with Crippen LogP contribution in [0.5, 0.6) is 5.75 Å². The van der Waals surface area contributed by atoms with E-state index in [1.54, 1.807) is 55.5 Å². The lowest BCUT2D eigenvalue weighted by atomic mass is 10.2. The van der Waals surface area contributed by atoms with Gasteiger partial charge in [-0.3, -0.25) is 9.69 Å². The van der Waals surface area contributed by atoms with E-state index in [2.05, 4.69) is 21.2 Å². The maximum atomic E-state index is 13.8. The second kappa shape index (κ2) is 8.08. The summed E-state index contributed by atoms with van der Waals surface area (Å²) in [5.74, 6) is 0.214. The summed E-state index contributed by atoms with van der Waals surface area (Å²) in [6, 6.07) is 12.0. The Hall–Kier alpha value is -1.92. The molecule has 2 aromatic carbocycles. The van der Waals surface area contributed by atoms with Gasteiger partial charge in [-0.25, -0.2) is 4.39 Å². The topological polar surface area (TPSA) is 41.6 Å². The van der Waals surface area contributed by atoms with E-state index in [0.717, 1.165) is 0 Å². The van der Waals surface area contributed by atoms with Crippen LogP contribution in [-0.2, 0) is 11.3 Å². The quantitative estimate of drug-likeness (QED) is 0.831. The first-order valence-electron chi connectivity index (χ1n) is 7.04. The molecule has 2 aromatic rings. The molecule has 23 heavy (non-hydrogen) atoms. The van der Waals surface area contributed by atoms with Crippen molar-refractivity contribution < 1.29 is 13.9 Å². The van der Waals surface area contributed by atoms with E-state index < -0.39 is 0 Å². The molecule has 122 valence electrons. The number of likely N-dealkylation sites (N-methyl/N-ethyl adjacent to an activating group) is 1. The van der Waals surface area contributed by atoms with Crippen molar-refractivity contribution in [1.29, 1.82) is 0 Å². The fraction of sp³-hybridized carbons (Fsp3) is 0.235. The summed E-state index contributed by atoms with van der Waals surface area (Å²) >= 11 is 3.22. The molecular formula is C17H18BrFN2O2. The maximum absolute atomic E-state index is 13.8. The molecule has 1 amide bonds. The number of hydrogen-bond acceptors (Lipinski definition) is 3. The Kier molecular flexibility index (Phi) is 6.12. The van der Waals surface area contributed by atoms with Gasteiger partial charge in [0.25, 0.3) is 0 Å². The van der Waals surface area contributed by atoms with E-state index >= 15 is 0 Å². The summed E-state index contributed by atoms with van der Waals surface area (Å²) in [5, 5.41) is 2.80. The molecule has 0 aromatic heterocycles. The van der Waals surface area contributed by atoms with Gasteiger partial charge in [-0.2, -0.15) is 0 Å². The SMILES string of the molecule is COc1cccc(NC(=O)CN(C)Cc2ccc(Br)cc2F)c1. The van der Waals surface area contributed by atoms with Crippen LogP contribution in [0.1, 0.15) is 5.56 Å². The number of nitrogens with zero attached hydrogens (tertiary/aromatic N) is 1. The molecule has 0 aliphatic rings. The molecule has 0 radical (unpaired) electrons. The minimum absolute atomic E-state index is 0.159. The summed E-state index contributed by atoms with van der Waals surface area (Å²) in [7, 11) is 3.34. The van der Waals surface area contributed by atoms with E-state index in [4.69, 9.17) is 4.74 Å². The van der Waals surface area contributed by atoms with Crippen LogP contribution in [0.4, 0.5) is 10.1 Å². The van der Waals surface area contributed by atoms with Crippen molar-refractivity contribution in [1.82, 2.24) is 4.90 Å². The van der Waals surface area contributed by atoms with E-state index in [9.17, 15) is 9.18 Å². The average molecular weight is 381 g/mol. The number of nitrogens with one attached hydrogen (secondary N) is 1. The third-order valence-electron chi connectivity index (χ3n) is 3.22. The Morgan fingerprint density at radius 2 is 2.09 bits per heavy atom. The second-order valence-corrected chi connectivity index (χ2v) is 6.10. The Morgan fingerprint density at radius 3 is 2.78 bits per heavy atom. The van der Waals surface area contributed by atoms with Crippen LogP contribution in [0.25, 0.3) is 0 Å². The third kappa shape index (κ3) is 5.33. The molecule has 0 heterocycles. The van der Waals surface area contributed by atoms with Crippen molar-refractivity contribution in [3.8, 4) is 5.75 Å². The van der Waals surface area contributed by atoms with Crippen LogP contribution >= 0.6 is 15.9 Å². The van der Waals surface area contributed by atoms with Crippen molar-refractivity contribution in [2.45, 2.75) is 6.54 Å². The number of rotatable bonds is 6. The fourth-order valence-electron chi connectivity index (χ4n) is 2.14. The standard InChI is InChI=1S/C17H18BrFN2O2/c1-21(10-12-6-7-13(18)8-16(12)19)11-17(22)20-14-4-3-5-15(9-14)23-2/h3-9H,10-11H2,1-2H3,(H,20,22). The van der Waals surface area contributed by atoms with E-state index in [0.29, 0.717) is 28.0 Å². The van der Waals surface area contributed by atoms with E-state index in [1.807, 2.05) is 0 Å². The van der Waals surface area contributed by atoms with Crippen LogP contribution in [0.3, 0.4) is 0 Å². The highest BCUT2D eigenvalue weighted by Crippen LogP contribution is 2.18. The normalized spacial score (nSPS) is 10.7. The van der Waals surface area contributed by atoms with Crippen LogP contribution in [0.15, 0.2) is 46.9 Å². The number of carbonyl (C=O) groups excluding carboxylic acids is 1. The van der Waals surface area contributed by atoms with Crippen molar-refractivity contribution in [2.75, 3.05) is 26.0 Å². The number of benzene rings is 2. The van der Waals surface area contributed by atoms with Crippen molar-refractivity contribution in [3.05, 3.63) is 58.3 Å². The number of anilines is 1. The lowest BCUT2D eigenvalue weighted by Crippen LogP contribution is -2.30. The van der Waals surface area contributed by atoms with Gasteiger partial charge in [0.1, 0.15) is 11.6 Å². The first-order chi connectivity index (χ1) is 11.0. The molecule has 0 saturated carbocycles. The molecule has 0 saturated heterocycles. The van der Waals surface area contributed by atoms with Crippen LogP contribution < -0.4 is 10.1 Å². The molecule has 1 N–H and O–H groups in total. The fourth-order valence-corrected chi connectivity index (χ4v) is 2.48. The highest BCUT2D eigenvalue weighted by atomic mass is 79.9. The number of carbonyl (C=O) groups is 1. The Labute approximate surface area is 143 Å². The Bertz CT molecular complexity index is 694. The number of methoxy groups -OCH3 is 1. The van der Waals surface area contributed by atoms with E-state index in [-0.39, 0.29) is 18.3 Å². The van der Waals surface area contributed by atoms with Gasteiger partial charge in [0.15, 0.2) is 0 Å². The van der Waals surface area contributed by atoms with Crippen molar-refractivity contribution in [2.24, 2.45) is 0 Å². The molecular weight excluding hydrogens is 363 g/mol. The van der Waals surface area contributed by atoms with Gasteiger partial charge in [0.05, 0.1) is 13.7 Å². The lowest BCUT2D eigenvalue weighted by Gasteiger charge is -2.17. The van der Waals surface area contributed by atoms with Gasteiger partial charge in [-0.1, -0.05) is 28.1 Å². The first kappa shape index (κ1) is 17.4.